The normalized spacial score (nSPS) is 12.7. The van der Waals surface area contributed by atoms with E-state index in [0.717, 1.165) is 0 Å². The van der Waals surface area contributed by atoms with E-state index < -0.39 is 45.1 Å². The molecule has 0 amide bonds. The van der Waals surface area contributed by atoms with Gasteiger partial charge in [0.15, 0.2) is 0 Å². The van der Waals surface area contributed by atoms with E-state index >= 15 is 0 Å². The standard InChI is InChI=1S/C10H20F2O5S2/c11-7-3-1-5-9-18(13,14)17-19(15,16)10-6-2-4-8-12/h1-10H2. The molecule has 0 aromatic heterocycles. The minimum atomic E-state index is -4.15. The molecule has 0 aliphatic rings. The van der Waals surface area contributed by atoms with Crippen molar-refractivity contribution in [1.82, 2.24) is 0 Å². The highest BCUT2D eigenvalue weighted by atomic mass is 32.3. The molecule has 19 heavy (non-hydrogen) atoms. The highest BCUT2D eigenvalue weighted by Gasteiger charge is 2.21. The van der Waals surface area contributed by atoms with Crippen LogP contribution in [-0.2, 0) is 23.9 Å². The average molecular weight is 322 g/mol. The topological polar surface area (TPSA) is 77.5 Å². The van der Waals surface area contributed by atoms with Gasteiger partial charge in [0.05, 0.1) is 24.9 Å². The highest BCUT2D eigenvalue weighted by Crippen LogP contribution is 2.09. The van der Waals surface area contributed by atoms with Gasteiger partial charge in [0.1, 0.15) is 0 Å². The molecule has 0 aliphatic heterocycles. The molecule has 0 fully saturated rings. The van der Waals surface area contributed by atoms with Gasteiger partial charge in [-0.1, -0.05) is 0 Å². The summed E-state index contributed by atoms with van der Waals surface area (Å²) in [5.74, 6) is -0.895. The van der Waals surface area contributed by atoms with Crippen LogP contribution in [-0.4, -0.2) is 41.7 Å². The molecule has 0 saturated carbocycles. The zero-order valence-electron chi connectivity index (χ0n) is 10.7. The molecule has 0 unspecified atom stereocenters. The third-order valence-corrected chi connectivity index (χ3v) is 5.50. The summed E-state index contributed by atoms with van der Waals surface area (Å²) >= 11 is 0. The summed E-state index contributed by atoms with van der Waals surface area (Å²) in [6, 6.07) is 0. The first-order valence-electron chi connectivity index (χ1n) is 6.11. The number of alkyl halides is 2. The number of hydrogen-bond acceptors (Lipinski definition) is 5. The maximum atomic E-state index is 11.8. The van der Waals surface area contributed by atoms with Crippen LogP contribution >= 0.6 is 0 Å². The van der Waals surface area contributed by atoms with Crippen molar-refractivity contribution in [2.24, 2.45) is 0 Å². The first-order chi connectivity index (χ1) is 8.83. The second-order valence-electron chi connectivity index (χ2n) is 4.09. The lowest BCUT2D eigenvalue weighted by Gasteiger charge is -2.05. The number of rotatable bonds is 12. The van der Waals surface area contributed by atoms with E-state index in [4.69, 9.17) is 0 Å². The van der Waals surface area contributed by atoms with Crippen LogP contribution < -0.4 is 0 Å². The zero-order chi connectivity index (χ0) is 14.8. The first-order valence-corrected chi connectivity index (χ1v) is 9.27. The largest absolute Gasteiger partial charge is 0.281 e. The molecule has 0 heterocycles. The molecular weight excluding hydrogens is 302 g/mol. The van der Waals surface area contributed by atoms with Gasteiger partial charge in [-0.2, -0.15) is 16.8 Å². The maximum absolute atomic E-state index is 11.8. The molecule has 0 aromatic rings. The summed E-state index contributed by atoms with van der Waals surface area (Å²) < 4.78 is 73.1. The summed E-state index contributed by atoms with van der Waals surface area (Å²) in [5, 5.41) is 0. The molecule has 116 valence electrons. The Morgan fingerprint density at radius 2 is 1.00 bits per heavy atom. The quantitative estimate of drug-likeness (QED) is 0.513. The van der Waals surface area contributed by atoms with Gasteiger partial charge in [0.2, 0.25) is 0 Å². The third kappa shape index (κ3) is 11.3. The Kier molecular flexibility index (Phi) is 9.46. The van der Waals surface area contributed by atoms with Crippen LogP contribution in [0, 0.1) is 0 Å². The number of unbranched alkanes of at least 4 members (excludes halogenated alkanes) is 4. The van der Waals surface area contributed by atoms with Crippen LogP contribution in [0.4, 0.5) is 8.78 Å². The molecule has 9 heteroatoms. The average Bonchev–Trinajstić information content (AvgIpc) is 2.29. The third-order valence-electron chi connectivity index (χ3n) is 2.26. The Hall–Kier alpha value is -0.280. The molecule has 5 nitrogen and oxygen atoms in total. The van der Waals surface area contributed by atoms with Crippen molar-refractivity contribution in [2.75, 3.05) is 24.9 Å². The summed E-state index contributed by atoms with van der Waals surface area (Å²) in [7, 11) is -8.29. The predicted octanol–water partition coefficient (Wildman–Crippen LogP) is 1.94. The van der Waals surface area contributed by atoms with Gasteiger partial charge in [0, 0.05) is 0 Å². The van der Waals surface area contributed by atoms with Gasteiger partial charge in [0.25, 0.3) is 20.2 Å². The Balaban J connectivity index is 4.09. The number of halogens is 2. The van der Waals surface area contributed by atoms with Crippen LogP contribution in [0.1, 0.15) is 38.5 Å². The van der Waals surface area contributed by atoms with E-state index in [-0.39, 0.29) is 25.7 Å². The van der Waals surface area contributed by atoms with Crippen LogP contribution in [0.3, 0.4) is 0 Å². The van der Waals surface area contributed by atoms with Crippen LogP contribution in [0.15, 0.2) is 0 Å². The molecule has 0 aliphatic carbocycles. The van der Waals surface area contributed by atoms with Crippen molar-refractivity contribution in [1.29, 1.82) is 0 Å². The van der Waals surface area contributed by atoms with Gasteiger partial charge in [-0.3, -0.25) is 8.78 Å². The fourth-order valence-electron chi connectivity index (χ4n) is 1.33. The Bertz CT molecular complexity index is 379. The van der Waals surface area contributed by atoms with E-state index in [1.54, 1.807) is 0 Å². The fourth-order valence-corrected chi connectivity index (χ4v) is 4.25. The van der Waals surface area contributed by atoms with Crippen molar-refractivity contribution >= 4 is 20.2 Å². The second kappa shape index (κ2) is 9.60. The van der Waals surface area contributed by atoms with Crippen LogP contribution in [0.5, 0.6) is 0 Å². The molecule has 0 atom stereocenters. The molecule has 0 saturated heterocycles. The van der Waals surface area contributed by atoms with E-state index in [9.17, 15) is 25.6 Å². The molecule has 0 radical (unpaired) electrons. The maximum Gasteiger partial charge on any atom is 0.281 e. The Morgan fingerprint density at radius 3 is 1.32 bits per heavy atom. The van der Waals surface area contributed by atoms with Gasteiger partial charge in [-0.15, -0.1) is 3.63 Å². The lowest BCUT2D eigenvalue weighted by molar-refractivity contribution is 0.443. The van der Waals surface area contributed by atoms with Gasteiger partial charge in [-0.25, -0.2) is 0 Å². The summed E-state index contributed by atoms with van der Waals surface area (Å²) in [4.78, 5) is 0. The Morgan fingerprint density at radius 1 is 0.632 bits per heavy atom. The molecule has 0 rings (SSSR count). The fraction of sp³-hybridized carbons (Fsp3) is 1.00. The SMILES string of the molecule is O=S(=O)(CCCCCF)OS(=O)(=O)CCCCCF. The predicted molar refractivity (Wildman–Crippen MR) is 68.3 cm³/mol. The molecule has 0 spiro atoms. The molecular formula is C10H20F2O5S2. The lowest BCUT2D eigenvalue weighted by Crippen LogP contribution is -2.19. The molecule has 0 N–H and O–H groups in total. The summed E-state index contributed by atoms with van der Waals surface area (Å²) in [6.07, 6.45) is 1.51. The van der Waals surface area contributed by atoms with Gasteiger partial charge < -0.3 is 0 Å². The lowest BCUT2D eigenvalue weighted by atomic mass is 10.3. The van der Waals surface area contributed by atoms with E-state index in [1.807, 2.05) is 0 Å². The zero-order valence-corrected chi connectivity index (χ0v) is 12.3. The van der Waals surface area contributed by atoms with Crippen molar-refractivity contribution in [3.8, 4) is 0 Å². The van der Waals surface area contributed by atoms with Gasteiger partial charge >= 0.3 is 0 Å². The van der Waals surface area contributed by atoms with E-state index in [1.165, 1.54) is 0 Å². The first kappa shape index (κ1) is 18.7. The van der Waals surface area contributed by atoms with E-state index in [0.29, 0.717) is 12.8 Å². The van der Waals surface area contributed by atoms with E-state index in [2.05, 4.69) is 3.63 Å². The smallest absolute Gasteiger partial charge is 0.251 e. The van der Waals surface area contributed by atoms with Crippen LogP contribution in [0.25, 0.3) is 0 Å². The monoisotopic (exact) mass is 322 g/mol. The van der Waals surface area contributed by atoms with Crippen molar-refractivity contribution in [2.45, 2.75) is 38.5 Å². The van der Waals surface area contributed by atoms with Gasteiger partial charge in [-0.05, 0) is 38.5 Å². The molecule has 0 bridgehead atoms. The Labute approximate surface area is 113 Å². The summed E-state index contributed by atoms with van der Waals surface area (Å²) in [6.45, 7) is -1.07. The van der Waals surface area contributed by atoms with Crippen molar-refractivity contribution < 1.29 is 29.2 Å². The van der Waals surface area contributed by atoms with Crippen molar-refractivity contribution in [3.63, 3.8) is 0 Å². The molecule has 0 aromatic carbocycles. The minimum absolute atomic E-state index is 0.156. The second-order valence-corrected chi connectivity index (χ2v) is 7.68. The van der Waals surface area contributed by atoms with Crippen LogP contribution in [0.2, 0.25) is 0 Å². The van der Waals surface area contributed by atoms with Crippen molar-refractivity contribution in [3.05, 3.63) is 0 Å². The highest BCUT2D eigenvalue weighted by molar-refractivity contribution is 7.99. The minimum Gasteiger partial charge on any atom is -0.251 e. The number of hydrogen-bond donors (Lipinski definition) is 0. The summed E-state index contributed by atoms with van der Waals surface area (Å²) in [5.41, 5.74) is 0.